The van der Waals surface area contributed by atoms with Crippen molar-refractivity contribution in [1.29, 1.82) is 0 Å². The van der Waals surface area contributed by atoms with Gasteiger partial charge in [-0.3, -0.25) is 0 Å². The normalized spacial score (nSPS) is 21.5. The van der Waals surface area contributed by atoms with Gasteiger partial charge >= 0.3 is 0 Å². The smallest absolute Gasteiger partial charge is 0.0948 e. The Balaban J connectivity index is 2.34. The van der Waals surface area contributed by atoms with E-state index >= 15 is 0 Å². The number of nitrogens with zero attached hydrogens (tertiary/aromatic N) is 2. The van der Waals surface area contributed by atoms with Gasteiger partial charge in [-0.2, -0.15) is 0 Å². The maximum Gasteiger partial charge on any atom is 0.0948 e. The Hall–Kier alpha value is -0.830. The van der Waals surface area contributed by atoms with E-state index in [1.165, 1.54) is 18.5 Å². The van der Waals surface area contributed by atoms with Crippen LogP contribution in [0.15, 0.2) is 12.5 Å². The lowest BCUT2D eigenvalue weighted by atomic mass is 9.95. The number of imidazole rings is 1. The molecule has 1 aromatic rings. The van der Waals surface area contributed by atoms with E-state index in [1.807, 2.05) is 12.5 Å². The topological polar surface area (TPSA) is 43.8 Å². The third-order valence-electron chi connectivity index (χ3n) is 3.22. The quantitative estimate of drug-likeness (QED) is 0.759. The molecule has 0 spiro atoms. The summed E-state index contributed by atoms with van der Waals surface area (Å²) in [5.74, 6) is 0. The Kier molecular flexibility index (Phi) is 1.91. The van der Waals surface area contributed by atoms with E-state index in [0.29, 0.717) is 0 Å². The molecule has 3 nitrogen and oxygen atoms in total. The van der Waals surface area contributed by atoms with Gasteiger partial charge < -0.3 is 10.3 Å². The zero-order chi connectivity index (χ0) is 9.47. The van der Waals surface area contributed by atoms with Crippen molar-refractivity contribution in [2.75, 3.05) is 0 Å². The van der Waals surface area contributed by atoms with E-state index in [2.05, 4.69) is 23.4 Å². The Morgan fingerprint density at radius 3 is 2.85 bits per heavy atom. The summed E-state index contributed by atoms with van der Waals surface area (Å²) in [5.41, 5.74) is 7.57. The van der Waals surface area contributed by atoms with Gasteiger partial charge in [0.25, 0.3) is 0 Å². The average molecular weight is 179 g/mol. The summed E-state index contributed by atoms with van der Waals surface area (Å²) < 4.78 is 2.20. The number of aryl methyl sites for hydroxylation is 1. The molecule has 1 aliphatic rings. The molecule has 0 bridgehead atoms. The number of rotatable bonds is 3. The number of aromatic nitrogens is 2. The van der Waals surface area contributed by atoms with Crippen LogP contribution in [-0.2, 0) is 12.0 Å². The fourth-order valence-corrected chi connectivity index (χ4v) is 2.07. The van der Waals surface area contributed by atoms with Crippen molar-refractivity contribution in [3.8, 4) is 0 Å². The highest BCUT2D eigenvalue weighted by Crippen LogP contribution is 2.50. The molecule has 1 fully saturated rings. The Morgan fingerprint density at radius 1 is 1.69 bits per heavy atom. The van der Waals surface area contributed by atoms with Gasteiger partial charge in [-0.25, -0.2) is 4.98 Å². The van der Waals surface area contributed by atoms with E-state index in [9.17, 15) is 0 Å². The first-order chi connectivity index (χ1) is 6.20. The Bertz CT molecular complexity index is 297. The highest BCUT2D eigenvalue weighted by molar-refractivity contribution is 5.26. The minimum Gasteiger partial charge on any atom is -0.334 e. The SMILES string of the molecule is CCn1cncc1C1(C(C)N)CC1. The molecular formula is C10H17N3. The molecule has 13 heavy (non-hydrogen) atoms. The maximum atomic E-state index is 6.01. The average Bonchev–Trinajstić information content (AvgIpc) is 2.78. The van der Waals surface area contributed by atoms with Crippen LogP contribution >= 0.6 is 0 Å². The zero-order valence-electron chi connectivity index (χ0n) is 8.33. The van der Waals surface area contributed by atoms with Crippen molar-refractivity contribution in [3.05, 3.63) is 18.2 Å². The van der Waals surface area contributed by atoms with Crippen LogP contribution in [-0.4, -0.2) is 15.6 Å². The second-order valence-electron chi connectivity index (χ2n) is 4.01. The standard InChI is InChI=1S/C10H17N3/c1-3-13-7-12-6-9(13)10(4-5-10)8(2)11/h6-8H,3-5,11H2,1-2H3. The van der Waals surface area contributed by atoms with Crippen LogP contribution in [0.25, 0.3) is 0 Å². The van der Waals surface area contributed by atoms with Gasteiger partial charge in [0.2, 0.25) is 0 Å². The van der Waals surface area contributed by atoms with Crippen molar-refractivity contribution in [3.63, 3.8) is 0 Å². The molecule has 0 radical (unpaired) electrons. The number of hydrogen-bond acceptors (Lipinski definition) is 2. The molecule has 1 unspecified atom stereocenters. The highest BCUT2D eigenvalue weighted by atomic mass is 15.1. The van der Waals surface area contributed by atoms with Crippen LogP contribution in [0.4, 0.5) is 0 Å². The highest BCUT2D eigenvalue weighted by Gasteiger charge is 2.49. The van der Waals surface area contributed by atoms with Gasteiger partial charge in [-0.15, -0.1) is 0 Å². The lowest BCUT2D eigenvalue weighted by molar-refractivity contribution is 0.512. The first-order valence-electron chi connectivity index (χ1n) is 4.97. The Labute approximate surface area is 79.0 Å². The summed E-state index contributed by atoms with van der Waals surface area (Å²) >= 11 is 0. The monoisotopic (exact) mass is 179 g/mol. The first kappa shape index (κ1) is 8.75. The minimum absolute atomic E-state index is 0.243. The molecule has 3 heteroatoms. The minimum atomic E-state index is 0.243. The van der Waals surface area contributed by atoms with E-state index < -0.39 is 0 Å². The summed E-state index contributed by atoms with van der Waals surface area (Å²) in [6.07, 6.45) is 6.31. The summed E-state index contributed by atoms with van der Waals surface area (Å²) in [6.45, 7) is 5.23. The maximum absolute atomic E-state index is 6.01. The molecule has 0 aromatic carbocycles. The van der Waals surface area contributed by atoms with Gasteiger partial charge in [0.05, 0.1) is 6.33 Å². The first-order valence-corrected chi connectivity index (χ1v) is 4.97. The molecule has 0 amide bonds. The van der Waals surface area contributed by atoms with Crippen LogP contribution in [0.5, 0.6) is 0 Å². The van der Waals surface area contributed by atoms with E-state index in [1.54, 1.807) is 0 Å². The molecular weight excluding hydrogens is 162 g/mol. The predicted molar refractivity (Wildman–Crippen MR) is 52.5 cm³/mol. The predicted octanol–water partition coefficient (Wildman–Crippen LogP) is 1.28. The molecule has 2 N–H and O–H groups in total. The second-order valence-corrected chi connectivity index (χ2v) is 4.01. The van der Waals surface area contributed by atoms with E-state index in [-0.39, 0.29) is 11.5 Å². The van der Waals surface area contributed by atoms with Gasteiger partial charge in [0, 0.05) is 29.9 Å². The summed E-state index contributed by atoms with van der Waals surface area (Å²) in [4.78, 5) is 4.19. The molecule has 1 heterocycles. The summed E-state index contributed by atoms with van der Waals surface area (Å²) in [7, 11) is 0. The third kappa shape index (κ3) is 1.18. The zero-order valence-corrected chi connectivity index (χ0v) is 8.33. The molecule has 1 aromatic heterocycles. The lowest BCUT2D eigenvalue weighted by Crippen LogP contribution is -2.33. The summed E-state index contributed by atoms with van der Waals surface area (Å²) in [6, 6.07) is 0.245. The van der Waals surface area contributed by atoms with Crippen molar-refractivity contribution < 1.29 is 0 Å². The van der Waals surface area contributed by atoms with Crippen molar-refractivity contribution in [2.24, 2.45) is 5.73 Å². The molecule has 0 saturated heterocycles. The molecule has 1 atom stereocenters. The van der Waals surface area contributed by atoms with Crippen LogP contribution in [0, 0.1) is 0 Å². The van der Waals surface area contributed by atoms with E-state index in [0.717, 1.165) is 6.54 Å². The van der Waals surface area contributed by atoms with Crippen LogP contribution < -0.4 is 5.73 Å². The van der Waals surface area contributed by atoms with Crippen molar-refractivity contribution in [2.45, 2.75) is 44.7 Å². The molecule has 1 saturated carbocycles. The molecule has 72 valence electrons. The third-order valence-corrected chi connectivity index (χ3v) is 3.22. The fourth-order valence-electron chi connectivity index (χ4n) is 2.07. The van der Waals surface area contributed by atoms with Gasteiger partial charge in [0.1, 0.15) is 0 Å². The van der Waals surface area contributed by atoms with Crippen molar-refractivity contribution >= 4 is 0 Å². The lowest BCUT2D eigenvalue weighted by Gasteiger charge is -2.20. The largest absolute Gasteiger partial charge is 0.334 e. The fraction of sp³-hybridized carbons (Fsp3) is 0.700. The second kappa shape index (κ2) is 2.84. The molecule has 0 aliphatic heterocycles. The van der Waals surface area contributed by atoms with Crippen molar-refractivity contribution in [1.82, 2.24) is 9.55 Å². The van der Waals surface area contributed by atoms with Gasteiger partial charge in [0.15, 0.2) is 0 Å². The van der Waals surface area contributed by atoms with Gasteiger partial charge in [-0.1, -0.05) is 0 Å². The number of nitrogens with two attached hydrogens (primary N) is 1. The molecule has 2 rings (SSSR count). The van der Waals surface area contributed by atoms with Crippen LogP contribution in [0.3, 0.4) is 0 Å². The molecule has 1 aliphatic carbocycles. The van der Waals surface area contributed by atoms with Crippen LogP contribution in [0.2, 0.25) is 0 Å². The summed E-state index contributed by atoms with van der Waals surface area (Å²) in [5, 5.41) is 0. The van der Waals surface area contributed by atoms with Gasteiger partial charge in [-0.05, 0) is 26.7 Å². The van der Waals surface area contributed by atoms with Crippen LogP contribution in [0.1, 0.15) is 32.4 Å². The Morgan fingerprint density at radius 2 is 2.38 bits per heavy atom. The van der Waals surface area contributed by atoms with E-state index in [4.69, 9.17) is 5.73 Å². The number of hydrogen-bond donors (Lipinski definition) is 1.